The minimum atomic E-state index is -0.661. The highest BCUT2D eigenvalue weighted by atomic mass is 16.5. The standard InChI is InChI=1S/C12H23N3O/c1-12(14,10-13)5-3-6-15-7-4-11(8-15)9-16-2/h11H,3-9,14H2,1-2H3. The number of nitriles is 1. The van der Waals surface area contributed by atoms with Gasteiger partial charge in [0.05, 0.1) is 12.7 Å². The average molecular weight is 225 g/mol. The molecule has 1 aliphatic heterocycles. The van der Waals surface area contributed by atoms with Crippen molar-refractivity contribution >= 4 is 0 Å². The maximum atomic E-state index is 8.79. The monoisotopic (exact) mass is 225 g/mol. The number of likely N-dealkylation sites (tertiary alicyclic amines) is 1. The molecule has 1 aliphatic rings. The molecule has 4 nitrogen and oxygen atoms in total. The zero-order valence-electron chi connectivity index (χ0n) is 10.4. The molecule has 0 aromatic rings. The summed E-state index contributed by atoms with van der Waals surface area (Å²) in [6.07, 6.45) is 3.00. The van der Waals surface area contributed by atoms with Crippen molar-refractivity contribution in [1.29, 1.82) is 5.26 Å². The van der Waals surface area contributed by atoms with Gasteiger partial charge >= 0.3 is 0 Å². The van der Waals surface area contributed by atoms with Crippen molar-refractivity contribution < 1.29 is 4.74 Å². The molecule has 0 aromatic heterocycles. The van der Waals surface area contributed by atoms with E-state index >= 15 is 0 Å². The third kappa shape index (κ3) is 4.48. The van der Waals surface area contributed by atoms with Gasteiger partial charge in [-0.2, -0.15) is 5.26 Å². The fourth-order valence-electron chi connectivity index (χ4n) is 2.21. The third-order valence-electron chi connectivity index (χ3n) is 3.20. The first-order valence-electron chi connectivity index (χ1n) is 5.99. The van der Waals surface area contributed by atoms with Crippen LogP contribution < -0.4 is 5.73 Å². The molecule has 16 heavy (non-hydrogen) atoms. The highest BCUT2D eigenvalue weighted by Crippen LogP contribution is 2.17. The Morgan fingerprint density at radius 3 is 3.00 bits per heavy atom. The second kappa shape index (κ2) is 6.19. The van der Waals surface area contributed by atoms with E-state index < -0.39 is 5.54 Å². The SMILES string of the molecule is COCC1CCN(CCCC(C)(N)C#N)C1. The summed E-state index contributed by atoms with van der Waals surface area (Å²) in [6, 6.07) is 2.14. The molecule has 1 rings (SSSR count). The molecular formula is C12H23N3O. The number of rotatable bonds is 6. The van der Waals surface area contributed by atoms with E-state index in [2.05, 4.69) is 11.0 Å². The summed E-state index contributed by atoms with van der Waals surface area (Å²) in [7, 11) is 1.76. The number of nitrogens with zero attached hydrogens (tertiary/aromatic N) is 2. The predicted octanol–water partition coefficient (Wildman–Crippen LogP) is 0.976. The lowest BCUT2D eigenvalue weighted by Gasteiger charge is -2.19. The van der Waals surface area contributed by atoms with Crippen molar-refractivity contribution in [2.75, 3.05) is 33.4 Å². The maximum Gasteiger partial charge on any atom is 0.101 e. The Balaban J connectivity index is 2.14. The fourth-order valence-corrected chi connectivity index (χ4v) is 2.21. The van der Waals surface area contributed by atoms with Crippen LogP contribution in [0.4, 0.5) is 0 Å². The number of methoxy groups -OCH3 is 1. The highest BCUT2D eigenvalue weighted by molar-refractivity contribution is 5.00. The highest BCUT2D eigenvalue weighted by Gasteiger charge is 2.23. The number of hydrogen-bond acceptors (Lipinski definition) is 4. The Morgan fingerprint density at radius 2 is 2.38 bits per heavy atom. The van der Waals surface area contributed by atoms with Crippen molar-refractivity contribution in [2.24, 2.45) is 11.7 Å². The van der Waals surface area contributed by atoms with Gasteiger partial charge < -0.3 is 15.4 Å². The van der Waals surface area contributed by atoms with E-state index in [-0.39, 0.29) is 0 Å². The van der Waals surface area contributed by atoms with Crippen LogP contribution in [0.25, 0.3) is 0 Å². The van der Waals surface area contributed by atoms with Crippen LogP contribution in [0.15, 0.2) is 0 Å². The Labute approximate surface area is 98.4 Å². The van der Waals surface area contributed by atoms with Crippen molar-refractivity contribution in [2.45, 2.75) is 31.7 Å². The minimum absolute atomic E-state index is 0.661. The van der Waals surface area contributed by atoms with E-state index in [1.807, 2.05) is 0 Å². The summed E-state index contributed by atoms with van der Waals surface area (Å²) in [5, 5.41) is 8.79. The lowest BCUT2D eigenvalue weighted by atomic mass is 9.99. The van der Waals surface area contributed by atoms with Crippen molar-refractivity contribution in [3.8, 4) is 6.07 Å². The van der Waals surface area contributed by atoms with Crippen LogP contribution >= 0.6 is 0 Å². The first-order valence-corrected chi connectivity index (χ1v) is 5.99. The molecule has 1 fully saturated rings. The number of ether oxygens (including phenoxy) is 1. The lowest BCUT2D eigenvalue weighted by molar-refractivity contribution is 0.153. The molecule has 1 saturated heterocycles. The Bertz CT molecular complexity index is 247. The first-order chi connectivity index (χ1) is 7.57. The summed E-state index contributed by atoms with van der Waals surface area (Å²) >= 11 is 0. The van der Waals surface area contributed by atoms with Crippen LogP contribution in [0.5, 0.6) is 0 Å². The van der Waals surface area contributed by atoms with E-state index in [1.54, 1.807) is 14.0 Å². The van der Waals surface area contributed by atoms with Gasteiger partial charge in [0.25, 0.3) is 0 Å². The molecule has 2 unspecified atom stereocenters. The summed E-state index contributed by atoms with van der Waals surface area (Å²) in [4.78, 5) is 2.44. The lowest BCUT2D eigenvalue weighted by Crippen LogP contribution is -2.35. The second-order valence-corrected chi connectivity index (χ2v) is 5.04. The molecule has 0 spiro atoms. The topological polar surface area (TPSA) is 62.3 Å². The van der Waals surface area contributed by atoms with E-state index in [1.165, 1.54) is 6.42 Å². The van der Waals surface area contributed by atoms with Gasteiger partial charge in [0.15, 0.2) is 0 Å². The zero-order chi connectivity index (χ0) is 12.0. The maximum absolute atomic E-state index is 8.79. The van der Waals surface area contributed by atoms with E-state index in [4.69, 9.17) is 15.7 Å². The third-order valence-corrected chi connectivity index (χ3v) is 3.20. The molecule has 0 bridgehead atoms. The van der Waals surface area contributed by atoms with Gasteiger partial charge in [-0.05, 0) is 45.2 Å². The van der Waals surface area contributed by atoms with Crippen molar-refractivity contribution in [1.82, 2.24) is 4.90 Å². The Kier molecular flexibility index (Phi) is 5.20. The normalized spacial score (nSPS) is 25.2. The van der Waals surface area contributed by atoms with Gasteiger partial charge in [-0.15, -0.1) is 0 Å². The largest absolute Gasteiger partial charge is 0.384 e. The predicted molar refractivity (Wildman–Crippen MR) is 63.9 cm³/mol. The van der Waals surface area contributed by atoms with Crippen molar-refractivity contribution in [3.05, 3.63) is 0 Å². The van der Waals surface area contributed by atoms with Crippen LogP contribution in [-0.2, 0) is 4.74 Å². The van der Waals surface area contributed by atoms with E-state index in [9.17, 15) is 0 Å². The Morgan fingerprint density at radius 1 is 1.62 bits per heavy atom. The summed E-state index contributed by atoms with van der Waals surface area (Å²) in [5.74, 6) is 0.685. The molecule has 2 N–H and O–H groups in total. The summed E-state index contributed by atoms with van der Waals surface area (Å²) in [6.45, 7) is 5.99. The van der Waals surface area contributed by atoms with Gasteiger partial charge in [0.2, 0.25) is 0 Å². The molecule has 0 radical (unpaired) electrons. The first kappa shape index (κ1) is 13.4. The van der Waals surface area contributed by atoms with Crippen LogP contribution in [0.2, 0.25) is 0 Å². The number of nitrogens with two attached hydrogens (primary N) is 1. The zero-order valence-corrected chi connectivity index (χ0v) is 10.4. The van der Waals surface area contributed by atoms with Crippen molar-refractivity contribution in [3.63, 3.8) is 0 Å². The molecule has 0 aromatic carbocycles. The van der Waals surface area contributed by atoms with Gasteiger partial charge in [-0.25, -0.2) is 0 Å². The molecule has 4 heteroatoms. The van der Waals surface area contributed by atoms with Crippen LogP contribution in [0.1, 0.15) is 26.2 Å². The van der Waals surface area contributed by atoms with Gasteiger partial charge in [-0.1, -0.05) is 0 Å². The molecule has 0 saturated carbocycles. The second-order valence-electron chi connectivity index (χ2n) is 5.04. The molecular weight excluding hydrogens is 202 g/mol. The summed E-state index contributed by atoms with van der Waals surface area (Å²) < 4.78 is 5.16. The van der Waals surface area contributed by atoms with E-state index in [0.29, 0.717) is 5.92 Å². The van der Waals surface area contributed by atoms with E-state index in [0.717, 1.165) is 39.1 Å². The quantitative estimate of drug-likeness (QED) is 0.732. The summed E-state index contributed by atoms with van der Waals surface area (Å²) in [5.41, 5.74) is 5.12. The molecule has 1 heterocycles. The molecule has 0 aliphatic carbocycles. The minimum Gasteiger partial charge on any atom is -0.384 e. The van der Waals surface area contributed by atoms with Crippen LogP contribution in [0.3, 0.4) is 0 Å². The van der Waals surface area contributed by atoms with Gasteiger partial charge in [0, 0.05) is 13.7 Å². The van der Waals surface area contributed by atoms with Crippen LogP contribution in [0, 0.1) is 17.2 Å². The average Bonchev–Trinajstić information content (AvgIpc) is 2.66. The van der Waals surface area contributed by atoms with Gasteiger partial charge in [0.1, 0.15) is 5.54 Å². The van der Waals surface area contributed by atoms with Gasteiger partial charge in [-0.3, -0.25) is 0 Å². The Hall–Kier alpha value is -0.630. The molecule has 92 valence electrons. The smallest absolute Gasteiger partial charge is 0.101 e. The number of hydrogen-bond donors (Lipinski definition) is 1. The molecule has 2 atom stereocenters. The molecule has 0 amide bonds. The van der Waals surface area contributed by atoms with Crippen LogP contribution in [-0.4, -0.2) is 43.8 Å². The fraction of sp³-hybridized carbons (Fsp3) is 0.917.